The summed E-state index contributed by atoms with van der Waals surface area (Å²) in [6.45, 7) is 1.54. The molecule has 0 bridgehead atoms. The molecule has 9 nitrogen and oxygen atoms in total. The highest BCUT2D eigenvalue weighted by Gasteiger charge is 2.21. The average molecular weight is 415 g/mol. The molecule has 4 aromatic heterocycles. The van der Waals surface area contributed by atoms with E-state index in [0.29, 0.717) is 25.0 Å². The molecular weight excluding hydrogens is 396 g/mol. The molecule has 0 spiro atoms. The number of hydrazone groups is 1. The van der Waals surface area contributed by atoms with Crippen LogP contribution in [0.3, 0.4) is 0 Å². The number of nitrogens with zero attached hydrogens (tertiary/aromatic N) is 6. The molecule has 1 aliphatic rings. The summed E-state index contributed by atoms with van der Waals surface area (Å²) in [4.78, 5) is 9.98. The number of ether oxygens (including phenoxy) is 1. The molecule has 0 fully saturated rings. The van der Waals surface area contributed by atoms with E-state index in [1.54, 1.807) is 23.7 Å². The van der Waals surface area contributed by atoms with E-state index >= 15 is 0 Å². The minimum Gasteiger partial charge on any atom is -0.375 e. The number of anilines is 1. The standard InChI is InChI=1S/C17H18N8OS2/c1-24-13-8-26-9-25(7-11-5-19-17(18)27-11)21-6-12(13)15-16(24)22-14(28-15)4-10-2-3-20-23-10/h2-3,5-6H,4,7-9H2,1H3,(H2,18,19)(H,20,23)/b21-6-. The highest BCUT2D eigenvalue weighted by molar-refractivity contribution is 7.19. The van der Waals surface area contributed by atoms with Crippen molar-refractivity contribution in [1.82, 2.24) is 29.7 Å². The van der Waals surface area contributed by atoms with Crippen molar-refractivity contribution < 1.29 is 4.74 Å². The molecular formula is C17H18N8OS2. The van der Waals surface area contributed by atoms with Gasteiger partial charge in [-0.3, -0.25) is 10.1 Å². The van der Waals surface area contributed by atoms with E-state index < -0.39 is 0 Å². The van der Waals surface area contributed by atoms with Crippen LogP contribution in [0, 0.1) is 0 Å². The number of aryl methyl sites for hydroxylation is 1. The van der Waals surface area contributed by atoms with Crippen molar-refractivity contribution in [3.05, 3.63) is 45.3 Å². The zero-order valence-electron chi connectivity index (χ0n) is 15.1. The summed E-state index contributed by atoms with van der Waals surface area (Å²) >= 11 is 3.15. The summed E-state index contributed by atoms with van der Waals surface area (Å²) in [6.07, 6.45) is 6.20. The van der Waals surface area contributed by atoms with Crippen LogP contribution >= 0.6 is 22.7 Å². The zero-order valence-corrected chi connectivity index (χ0v) is 16.8. The van der Waals surface area contributed by atoms with Gasteiger partial charge in [0.05, 0.1) is 29.8 Å². The van der Waals surface area contributed by atoms with Gasteiger partial charge in [-0.15, -0.1) is 22.7 Å². The minimum atomic E-state index is 0.408. The lowest BCUT2D eigenvalue weighted by atomic mass is 10.2. The molecule has 0 radical (unpaired) electrons. The van der Waals surface area contributed by atoms with Crippen LogP contribution in [0.1, 0.15) is 26.8 Å². The molecule has 1 aliphatic heterocycles. The maximum absolute atomic E-state index is 5.90. The van der Waals surface area contributed by atoms with Crippen LogP contribution in [0.25, 0.3) is 10.3 Å². The Labute approximate surface area is 168 Å². The smallest absolute Gasteiger partial charge is 0.180 e. The fraction of sp³-hybridized carbons (Fsp3) is 0.294. The van der Waals surface area contributed by atoms with Crippen molar-refractivity contribution in [2.75, 3.05) is 12.5 Å². The van der Waals surface area contributed by atoms with Crippen LogP contribution in [-0.4, -0.2) is 42.7 Å². The third-order valence-corrected chi connectivity index (χ3v) is 6.46. The van der Waals surface area contributed by atoms with E-state index in [9.17, 15) is 0 Å². The lowest BCUT2D eigenvalue weighted by molar-refractivity contribution is 0.0128. The first-order valence-corrected chi connectivity index (χ1v) is 10.3. The number of nitrogens with two attached hydrogens (primary N) is 1. The number of hydrogen-bond donors (Lipinski definition) is 2. The van der Waals surface area contributed by atoms with Gasteiger partial charge in [0.15, 0.2) is 10.8 Å². The molecule has 0 aliphatic carbocycles. The Balaban J connectivity index is 1.46. The van der Waals surface area contributed by atoms with Crippen molar-refractivity contribution in [3.63, 3.8) is 0 Å². The molecule has 5 heterocycles. The molecule has 28 heavy (non-hydrogen) atoms. The largest absolute Gasteiger partial charge is 0.375 e. The predicted octanol–water partition coefficient (Wildman–Crippen LogP) is 2.31. The van der Waals surface area contributed by atoms with Gasteiger partial charge < -0.3 is 15.0 Å². The maximum Gasteiger partial charge on any atom is 0.180 e. The first-order valence-electron chi connectivity index (χ1n) is 8.69. The molecule has 5 rings (SSSR count). The summed E-state index contributed by atoms with van der Waals surface area (Å²) in [5.41, 5.74) is 9.89. The van der Waals surface area contributed by atoms with Gasteiger partial charge in [0.1, 0.15) is 11.7 Å². The normalized spacial score (nSPS) is 15.5. The van der Waals surface area contributed by atoms with E-state index in [0.717, 1.165) is 43.6 Å². The number of fused-ring (bicyclic) bond motifs is 3. The van der Waals surface area contributed by atoms with Gasteiger partial charge in [-0.1, -0.05) is 0 Å². The molecule has 0 unspecified atom stereocenters. The van der Waals surface area contributed by atoms with Gasteiger partial charge in [-0.05, 0) is 6.07 Å². The van der Waals surface area contributed by atoms with Crippen molar-refractivity contribution >= 4 is 44.4 Å². The summed E-state index contributed by atoms with van der Waals surface area (Å²) in [5.74, 6) is 0. The predicted molar refractivity (Wildman–Crippen MR) is 109 cm³/mol. The van der Waals surface area contributed by atoms with Crippen LogP contribution in [-0.2, 0) is 31.4 Å². The van der Waals surface area contributed by atoms with Gasteiger partial charge in [-0.2, -0.15) is 10.2 Å². The van der Waals surface area contributed by atoms with Gasteiger partial charge >= 0.3 is 0 Å². The summed E-state index contributed by atoms with van der Waals surface area (Å²) in [5, 5.41) is 15.1. The molecule has 3 N–H and O–H groups in total. The molecule has 144 valence electrons. The minimum absolute atomic E-state index is 0.408. The lowest BCUT2D eigenvalue weighted by Crippen LogP contribution is -2.22. The number of H-pyrrole nitrogens is 1. The second-order valence-corrected chi connectivity index (χ2v) is 8.72. The first-order chi connectivity index (χ1) is 13.7. The topological polar surface area (TPSA) is 110 Å². The van der Waals surface area contributed by atoms with Crippen molar-refractivity contribution in [2.24, 2.45) is 12.1 Å². The molecule has 0 amide bonds. The fourth-order valence-corrected chi connectivity index (χ4v) is 5.05. The lowest BCUT2D eigenvalue weighted by Gasteiger charge is -2.20. The fourth-order valence-electron chi connectivity index (χ4n) is 3.21. The molecule has 0 saturated carbocycles. The number of aromatic nitrogens is 5. The molecule has 0 atom stereocenters. The van der Waals surface area contributed by atoms with Crippen LogP contribution in [0.4, 0.5) is 5.13 Å². The van der Waals surface area contributed by atoms with E-state index in [-0.39, 0.29) is 0 Å². The number of thiazole rings is 2. The Morgan fingerprint density at radius 2 is 2.29 bits per heavy atom. The summed E-state index contributed by atoms with van der Waals surface area (Å²) in [6, 6.07) is 1.97. The third-order valence-electron chi connectivity index (χ3n) is 4.57. The summed E-state index contributed by atoms with van der Waals surface area (Å²) in [7, 11) is 2.03. The highest BCUT2D eigenvalue weighted by Crippen LogP contribution is 2.32. The maximum atomic E-state index is 5.90. The molecule has 11 heteroatoms. The van der Waals surface area contributed by atoms with Crippen molar-refractivity contribution in [2.45, 2.75) is 19.6 Å². The number of nitrogens with one attached hydrogen (secondary N) is 1. The van der Waals surface area contributed by atoms with Gasteiger partial charge in [0.2, 0.25) is 0 Å². The van der Waals surface area contributed by atoms with E-state index in [1.165, 1.54) is 11.3 Å². The number of aromatic amines is 1. The van der Waals surface area contributed by atoms with Crippen LogP contribution in [0.5, 0.6) is 0 Å². The first kappa shape index (κ1) is 17.3. The number of hydrogen-bond acceptors (Lipinski definition) is 9. The average Bonchev–Trinajstić information content (AvgIpc) is 3.42. The zero-order chi connectivity index (χ0) is 19.1. The Bertz CT molecular complexity index is 1140. The Morgan fingerprint density at radius 3 is 3.07 bits per heavy atom. The Kier molecular flexibility index (Phi) is 4.34. The summed E-state index contributed by atoms with van der Waals surface area (Å²) < 4.78 is 9.12. The number of rotatable bonds is 4. The Hall–Kier alpha value is -2.76. The van der Waals surface area contributed by atoms with Crippen LogP contribution in [0.2, 0.25) is 0 Å². The molecule has 0 saturated heterocycles. The van der Waals surface area contributed by atoms with Crippen molar-refractivity contribution in [3.8, 4) is 0 Å². The van der Waals surface area contributed by atoms with Gasteiger partial charge in [0.25, 0.3) is 0 Å². The van der Waals surface area contributed by atoms with Gasteiger partial charge in [0, 0.05) is 42.0 Å². The molecule has 4 aromatic rings. The van der Waals surface area contributed by atoms with E-state index in [4.69, 9.17) is 15.5 Å². The van der Waals surface area contributed by atoms with Crippen LogP contribution in [0.15, 0.2) is 23.6 Å². The number of nitrogen functional groups attached to an aromatic ring is 1. The highest BCUT2D eigenvalue weighted by atomic mass is 32.1. The third kappa shape index (κ3) is 3.17. The quantitative estimate of drug-likeness (QED) is 0.530. The Morgan fingerprint density at radius 1 is 1.36 bits per heavy atom. The second-order valence-electron chi connectivity index (χ2n) is 6.49. The van der Waals surface area contributed by atoms with Crippen molar-refractivity contribution in [1.29, 1.82) is 0 Å². The van der Waals surface area contributed by atoms with E-state index in [1.807, 2.05) is 24.3 Å². The van der Waals surface area contributed by atoms with E-state index in [2.05, 4.69) is 24.8 Å². The SMILES string of the molecule is Cn1c2c(c3sc(Cc4ccn[nH]4)nc31)/C=N\N(Cc1cnc(N)s1)COC2. The molecule has 0 aromatic carbocycles. The second kappa shape index (κ2) is 7.00. The monoisotopic (exact) mass is 414 g/mol. The van der Waals surface area contributed by atoms with Crippen LogP contribution < -0.4 is 5.73 Å². The van der Waals surface area contributed by atoms with Gasteiger partial charge in [-0.25, -0.2) is 9.97 Å².